The average Bonchev–Trinajstić information content (AvgIpc) is 2.55. The molecular formula is C16H20N2O4S2. The van der Waals surface area contributed by atoms with Crippen molar-refractivity contribution in [3.63, 3.8) is 0 Å². The zero-order chi connectivity index (χ0) is 18.0. The molecule has 2 aromatic carbocycles. The highest BCUT2D eigenvalue weighted by Crippen LogP contribution is 2.21. The van der Waals surface area contributed by atoms with Gasteiger partial charge in [-0.05, 0) is 54.9 Å². The van der Waals surface area contributed by atoms with Crippen LogP contribution in [0.15, 0.2) is 58.3 Å². The highest BCUT2D eigenvalue weighted by Gasteiger charge is 2.17. The van der Waals surface area contributed by atoms with E-state index in [9.17, 15) is 16.8 Å². The van der Waals surface area contributed by atoms with Gasteiger partial charge in [-0.2, -0.15) is 0 Å². The van der Waals surface area contributed by atoms with Crippen LogP contribution in [-0.4, -0.2) is 23.9 Å². The summed E-state index contributed by atoms with van der Waals surface area (Å²) in [7, 11) is -6.08. The Bertz CT molecular complexity index is 902. The molecule has 0 aliphatic rings. The lowest BCUT2D eigenvalue weighted by molar-refractivity contribution is 0.587. The fourth-order valence-electron chi connectivity index (χ4n) is 2.07. The van der Waals surface area contributed by atoms with Gasteiger partial charge in [0.15, 0.2) is 0 Å². The van der Waals surface area contributed by atoms with Crippen LogP contribution in [0.25, 0.3) is 0 Å². The molecule has 0 atom stereocenters. The van der Waals surface area contributed by atoms with E-state index < -0.39 is 20.0 Å². The van der Waals surface area contributed by atoms with Crippen LogP contribution in [0.4, 0.5) is 5.69 Å². The van der Waals surface area contributed by atoms with E-state index >= 15 is 0 Å². The quantitative estimate of drug-likeness (QED) is 0.819. The molecule has 6 nitrogen and oxygen atoms in total. The predicted octanol–water partition coefficient (Wildman–Crippen LogP) is 2.52. The molecule has 0 radical (unpaired) electrons. The van der Waals surface area contributed by atoms with E-state index in [0.29, 0.717) is 11.6 Å². The maximum atomic E-state index is 12.4. The van der Waals surface area contributed by atoms with Crippen molar-refractivity contribution in [1.29, 1.82) is 0 Å². The lowest BCUT2D eigenvalue weighted by atomic mass is 10.0. The highest BCUT2D eigenvalue weighted by molar-refractivity contribution is 7.92. The molecule has 0 saturated carbocycles. The minimum Gasteiger partial charge on any atom is -0.280 e. The van der Waals surface area contributed by atoms with Crippen LogP contribution >= 0.6 is 0 Å². The van der Waals surface area contributed by atoms with Gasteiger partial charge in [-0.3, -0.25) is 4.72 Å². The fraction of sp³-hybridized carbons (Fsp3) is 0.250. The molecule has 24 heavy (non-hydrogen) atoms. The number of hydrogen-bond donors (Lipinski definition) is 2. The van der Waals surface area contributed by atoms with Crippen molar-refractivity contribution in [1.82, 2.24) is 4.72 Å². The Morgan fingerprint density at radius 3 is 1.62 bits per heavy atom. The van der Waals surface area contributed by atoms with Crippen LogP contribution in [0.3, 0.4) is 0 Å². The third kappa shape index (κ3) is 4.14. The summed E-state index contributed by atoms with van der Waals surface area (Å²) in [6.45, 7) is 4.11. The van der Waals surface area contributed by atoms with E-state index in [-0.39, 0.29) is 9.79 Å². The third-order valence-corrected chi connectivity index (χ3v) is 6.37. The minimum absolute atomic E-state index is 0.00485. The number of rotatable bonds is 6. The molecule has 8 heteroatoms. The van der Waals surface area contributed by atoms with E-state index in [2.05, 4.69) is 23.3 Å². The number of nitrogens with one attached hydrogen (secondary N) is 2. The molecule has 0 bridgehead atoms. The van der Waals surface area contributed by atoms with E-state index in [1.807, 2.05) is 12.1 Å². The van der Waals surface area contributed by atoms with E-state index in [0.717, 1.165) is 5.56 Å². The van der Waals surface area contributed by atoms with Crippen LogP contribution in [0.2, 0.25) is 0 Å². The Hall–Kier alpha value is -1.90. The molecule has 0 aliphatic carbocycles. The van der Waals surface area contributed by atoms with Crippen molar-refractivity contribution < 1.29 is 16.8 Å². The molecule has 2 rings (SSSR count). The molecule has 0 heterocycles. The Balaban J connectivity index is 2.24. The maximum Gasteiger partial charge on any atom is 0.261 e. The summed E-state index contributed by atoms with van der Waals surface area (Å²) < 4.78 is 52.7. The first-order chi connectivity index (χ1) is 11.2. The Morgan fingerprint density at radius 2 is 1.21 bits per heavy atom. The zero-order valence-electron chi connectivity index (χ0n) is 13.6. The summed E-state index contributed by atoms with van der Waals surface area (Å²) in [5.41, 5.74) is 1.56. The van der Waals surface area contributed by atoms with E-state index in [1.54, 1.807) is 12.1 Å². The Kier molecular flexibility index (Phi) is 5.32. The van der Waals surface area contributed by atoms with Crippen molar-refractivity contribution in [2.24, 2.45) is 0 Å². The number of benzene rings is 2. The second-order valence-electron chi connectivity index (χ2n) is 5.56. The summed E-state index contributed by atoms with van der Waals surface area (Å²) in [4.78, 5) is -0.00396. The smallest absolute Gasteiger partial charge is 0.261 e. The molecule has 0 unspecified atom stereocenters. The molecule has 0 aromatic heterocycles. The van der Waals surface area contributed by atoms with Crippen LogP contribution in [0, 0.1) is 0 Å². The van der Waals surface area contributed by atoms with Gasteiger partial charge in [-0.1, -0.05) is 26.0 Å². The van der Waals surface area contributed by atoms with Gasteiger partial charge in [0.25, 0.3) is 10.0 Å². The molecular weight excluding hydrogens is 348 g/mol. The lowest BCUT2D eigenvalue weighted by Gasteiger charge is -2.10. The minimum atomic E-state index is -3.78. The molecule has 0 amide bonds. The second-order valence-corrected chi connectivity index (χ2v) is 9.13. The first kappa shape index (κ1) is 18.4. The normalized spacial score (nSPS) is 12.3. The van der Waals surface area contributed by atoms with Gasteiger partial charge in [-0.15, -0.1) is 0 Å². The van der Waals surface area contributed by atoms with Crippen molar-refractivity contribution >= 4 is 25.7 Å². The highest BCUT2D eigenvalue weighted by atomic mass is 32.2. The van der Waals surface area contributed by atoms with Gasteiger partial charge in [0.05, 0.1) is 9.79 Å². The van der Waals surface area contributed by atoms with Crippen molar-refractivity contribution in [2.75, 3.05) is 11.8 Å². The van der Waals surface area contributed by atoms with Crippen molar-refractivity contribution in [3.8, 4) is 0 Å². The van der Waals surface area contributed by atoms with Gasteiger partial charge in [0.1, 0.15) is 0 Å². The van der Waals surface area contributed by atoms with Gasteiger partial charge in [-0.25, -0.2) is 21.6 Å². The zero-order valence-corrected chi connectivity index (χ0v) is 15.3. The Labute approximate surface area is 143 Å². The topological polar surface area (TPSA) is 92.3 Å². The molecule has 0 spiro atoms. The second kappa shape index (κ2) is 6.92. The maximum absolute atomic E-state index is 12.4. The lowest BCUT2D eigenvalue weighted by Crippen LogP contribution is -2.19. The summed E-state index contributed by atoms with van der Waals surface area (Å²) in [6, 6.07) is 12.2. The molecule has 0 aliphatic heterocycles. The summed E-state index contributed by atoms with van der Waals surface area (Å²) in [5.74, 6) is 0.359. The summed E-state index contributed by atoms with van der Waals surface area (Å²) >= 11 is 0. The average molecular weight is 368 g/mol. The van der Waals surface area contributed by atoms with E-state index in [4.69, 9.17) is 0 Å². The third-order valence-electron chi connectivity index (χ3n) is 3.54. The van der Waals surface area contributed by atoms with Gasteiger partial charge in [0.2, 0.25) is 10.0 Å². The van der Waals surface area contributed by atoms with Crippen LogP contribution in [0.5, 0.6) is 0 Å². The summed E-state index contributed by atoms with van der Waals surface area (Å²) in [6.07, 6.45) is 0. The first-order valence-corrected chi connectivity index (χ1v) is 10.3. The number of sulfonamides is 2. The number of anilines is 1. The first-order valence-electron chi connectivity index (χ1n) is 7.32. The fourth-order valence-corrected chi connectivity index (χ4v) is 3.85. The molecule has 2 N–H and O–H groups in total. The Morgan fingerprint density at radius 1 is 0.750 bits per heavy atom. The van der Waals surface area contributed by atoms with Gasteiger partial charge >= 0.3 is 0 Å². The number of hydrogen-bond acceptors (Lipinski definition) is 4. The van der Waals surface area contributed by atoms with Gasteiger partial charge in [0, 0.05) is 5.69 Å². The molecule has 0 saturated heterocycles. The monoisotopic (exact) mass is 368 g/mol. The largest absolute Gasteiger partial charge is 0.280 e. The van der Waals surface area contributed by atoms with E-state index in [1.165, 1.54) is 31.3 Å². The summed E-state index contributed by atoms with van der Waals surface area (Å²) in [5, 5.41) is 0. The predicted molar refractivity (Wildman–Crippen MR) is 94.0 cm³/mol. The standard InChI is InChI=1S/C16H20N2O4S2/c1-12(2)13-4-6-14(7-5-13)18-24(21,22)16-10-8-15(9-11-16)23(19,20)17-3/h4-12,17-18H,1-3H3. The molecule has 2 aromatic rings. The molecule has 130 valence electrons. The molecule has 0 fully saturated rings. The van der Waals surface area contributed by atoms with Crippen molar-refractivity contribution in [3.05, 3.63) is 54.1 Å². The SMILES string of the molecule is CNS(=O)(=O)c1ccc(S(=O)(=O)Nc2ccc(C(C)C)cc2)cc1. The van der Waals surface area contributed by atoms with Crippen LogP contribution < -0.4 is 9.44 Å². The van der Waals surface area contributed by atoms with Crippen molar-refractivity contribution in [2.45, 2.75) is 29.6 Å². The van der Waals surface area contributed by atoms with Crippen LogP contribution in [-0.2, 0) is 20.0 Å². The van der Waals surface area contributed by atoms with Crippen LogP contribution in [0.1, 0.15) is 25.3 Å². The van der Waals surface area contributed by atoms with Gasteiger partial charge < -0.3 is 0 Å².